The number of benzene rings is 2. The van der Waals surface area contributed by atoms with Gasteiger partial charge in [0.1, 0.15) is 18.4 Å². The van der Waals surface area contributed by atoms with Crippen molar-refractivity contribution in [3.8, 4) is 17.7 Å². The first-order chi connectivity index (χ1) is 17.9. The summed E-state index contributed by atoms with van der Waals surface area (Å²) in [5.41, 5.74) is -0.281. The first kappa shape index (κ1) is 25.1. The Morgan fingerprint density at radius 3 is 2.41 bits per heavy atom. The Kier molecular flexibility index (Phi) is 7.56. The SMILES string of the molecule is COC(=O)Cn1c(=O)nc(Nc2ccc(Oc3cnc(C#N)cn3)cc2)n(Cc2ccc(Cl)cc2)c1=O. The zero-order valence-corrected chi connectivity index (χ0v) is 20.0. The van der Waals surface area contributed by atoms with Crippen LogP contribution in [0.15, 0.2) is 70.5 Å². The van der Waals surface area contributed by atoms with Gasteiger partial charge in [0.05, 0.1) is 26.0 Å². The second-order valence-corrected chi connectivity index (χ2v) is 7.92. The van der Waals surface area contributed by atoms with Crippen LogP contribution < -0.4 is 21.4 Å². The van der Waals surface area contributed by atoms with E-state index in [2.05, 4.69) is 25.0 Å². The number of hydrogen-bond donors (Lipinski definition) is 1. The maximum absolute atomic E-state index is 13.2. The average molecular weight is 520 g/mol. The van der Waals surface area contributed by atoms with Crippen molar-refractivity contribution in [1.29, 1.82) is 5.26 Å². The third-order valence-electron chi connectivity index (χ3n) is 4.99. The van der Waals surface area contributed by atoms with E-state index in [0.29, 0.717) is 26.6 Å². The Morgan fingerprint density at radius 2 is 1.78 bits per heavy atom. The molecule has 4 rings (SSSR count). The van der Waals surface area contributed by atoms with Crippen LogP contribution in [0.5, 0.6) is 11.6 Å². The van der Waals surface area contributed by atoms with Gasteiger partial charge < -0.3 is 14.8 Å². The Labute approximate surface area is 214 Å². The lowest BCUT2D eigenvalue weighted by atomic mass is 10.2. The van der Waals surface area contributed by atoms with Crippen LogP contribution in [0.2, 0.25) is 5.02 Å². The molecule has 1 N–H and O–H groups in total. The highest BCUT2D eigenvalue weighted by atomic mass is 35.5. The summed E-state index contributed by atoms with van der Waals surface area (Å²) < 4.78 is 12.1. The molecule has 0 fully saturated rings. The van der Waals surface area contributed by atoms with Gasteiger partial charge in [-0.05, 0) is 42.0 Å². The molecule has 0 radical (unpaired) electrons. The van der Waals surface area contributed by atoms with Gasteiger partial charge in [0.25, 0.3) is 0 Å². The summed E-state index contributed by atoms with van der Waals surface area (Å²) in [6.45, 7) is -0.530. The van der Waals surface area contributed by atoms with Crippen molar-refractivity contribution in [2.45, 2.75) is 13.1 Å². The van der Waals surface area contributed by atoms with Crippen molar-refractivity contribution in [2.24, 2.45) is 0 Å². The summed E-state index contributed by atoms with van der Waals surface area (Å²) in [5, 5.41) is 12.3. The number of carbonyl (C=O) groups excluding carboxylic acids is 1. The quantitative estimate of drug-likeness (QED) is 0.343. The molecule has 2 aromatic carbocycles. The minimum atomic E-state index is -0.912. The van der Waals surface area contributed by atoms with Crippen LogP contribution in [-0.2, 0) is 22.6 Å². The molecule has 0 aliphatic heterocycles. The molecule has 12 nitrogen and oxygen atoms in total. The minimum Gasteiger partial charge on any atom is -0.468 e. The molecule has 0 unspecified atom stereocenters. The molecule has 2 aromatic heterocycles. The first-order valence-electron chi connectivity index (χ1n) is 10.7. The summed E-state index contributed by atoms with van der Waals surface area (Å²) >= 11 is 5.96. The van der Waals surface area contributed by atoms with Crippen LogP contribution in [0.25, 0.3) is 0 Å². The lowest BCUT2D eigenvalue weighted by Crippen LogP contribution is -2.44. The number of nitriles is 1. The van der Waals surface area contributed by atoms with Gasteiger partial charge in [-0.25, -0.2) is 24.1 Å². The number of nitrogens with zero attached hydrogens (tertiary/aromatic N) is 6. The summed E-state index contributed by atoms with van der Waals surface area (Å²) in [5.74, 6) is -0.156. The van der Waals surface area contributed by atoms with Gasteiger partial charge in [-0.2, -0.15) is 10.2 Å². The number of aromatic nitrogens is 5. The van der Waals surface area contributed by atoms with Crippen LogP contribution in [0, 0.1) is 11.3 Å². The number of nitrogens with one attached hydrogen (secondary N) is 1. The summed E-state index contributed by atoms with van der Waals surface area (Å²) in [6, 6.07) is 15.2. The van der Waals surface area contributed by atoms with E-state index in [-0.39, 0.29) is 24.1 Å². The number of methoxy groups -OCH3 is 1. The monoisotopic (exact) mass is 519 g/mol. The van der Waals surface area contributed by atoms with Crippen molar-refractivity contribution in [2.75, 3.05) is 12.4 Å². The Balaban J connectivity index is 1.63. The minimum absolute atomic E-state index is 0.0299. The third-order valence-corrected chi connectivity index (χ3v) is 5.25. The van der Waals surface area contributed by atoms with Gasteiger partial charge in [-0.3, -0.25) is 9.36 Å². The Morgan fingerprint density at radius 1 is 1.05 bits per heavy atom. The number of carbonyl (C=O) groups is 1. The van der Waals surface area contributed by atoms with Gasteiger partial charge in [-0.15, -0.1) is 0 Å². The van der Waals surface area contributed by atoms with E-state index in [4.69, 9.17) is 21.6 Å². The van der Waals surface area contributed by atoms with Crippen molar-refractivity contribution < 1.29 is 14.3 Å². The van der Waals surface area contributed by atoms with Crippen LogP contribution in [0.4, 0.5) is 11.6 Å². The van der Waals surface area contributed by atoms with Crippen LogP contribution in [0.3, 0.4) is 0 Å². The zero-order valence-electron chi connectivity index (χ0n) is 19.3. The predicted octanol–water partition coefficient (Wildman–Crippen LogP) is 2.48. The molecule has 0 atom stereocenters. The molecular formula is C24H18ClN7O5. The number of anilines is 2. The zero-order chi connectivity index (χ0) is 26.4. The van der Waals surface area contributed by atoms with Gasteiger partial charge in [0, 0.05) is 10.7 Å². The molecule has 0 saturated carbocycles. The first-order valence-corrected chi connectivity index (χ1v) is 11.0. The van der Waals surface area contributed by atoms with Crippen LogP contribution >= 0.6 is 11.6 Å². The molecular weight excluding hydrogens is 502 g/mol. The molecule has 0 bridgehead atoms. The molecule has 0 aliphatic carbocycles. The molecule has 0 amide bonds. The highest BCUT2D eigenvalue weighted by Crippen LogP contribution is 2.22. The summed E-state index contributed by atoms with van der Waals surface area (Å²) in [7, 11) is 1.16. The summed E-state index contributed by atoms with van der Waals surface area (Å²) in [4.78, 5) is 49.4. The van der Waals surface area contributed by atoms with Crippen molar-refractivity contribution in [3.63, 3.8) is 0 Å². The van der Waals surface area contributed by atoms with Gasteiger partial charge in [0.15, 0.2) is 5.69 Å². The molecule has 0 spiro atoms. The third kappa shape index (κ3) is 6.16. The predicted molar refractivity (Wildman–Crippen MR) is 132 cm³/mol. The van der Waals surface area contributed by atoms with E-state index in [9.17, 15) is 14.4 Å². The number of ether oxygens (including phenoxy) is 2. The second-order valence-electron chi connectivity index (χ2n) is 7.48. The molecule has 4 aromatic rings. The number of esters is 1. The van der Waals surface area contributed by atoms with Crippen LogP contribution in [0.1, 0.15) is 11.3 Å². The topological polar surface area (TPSA) is 154 Å². The van der Waals surface area contributed by atoms with E-state index in [0.717, 1.165) is 7.11 Å². The number of rotatable bonds is 8. The summed E-state index contributed by atoms with van der Waals surface area (Å²) in [6.07, 6.45) is 2.62. The molecule has 0 aliphatic rings. The normalized spacial score (nSPS) is 10.4. The van der Waals surface area contributed by atoms with E-state index < -0.39 is 23.9 Å². The van der Waals surface area contributed by atoms with Crippen LogP contribution in [-0.4, -0.2) is 37.2 Å². The maximum atomic E-state index is 13.2. The standard InChI is InChI=1S/C24H18ClN7O5/c1-36-21(33)14-32-23(34)30-22(31(24(32)35)13-15-2-4-16(25)5-3-15)29-17-6-8-19(9-7-17)37-20-12-27-18(10-26)11-28-20/h2-9,11-12H,13-14H2,1H3,(H,29,30,34). The van der Waals surface area contributed by atoms with E-state index in [1.54, 1.807) is 48.5 Å². The number of hydrogen-bond acceptors (Lipinski definition) is 10. The van der Waals surface area contributed by atoms with Gasteiger partial charge in [0.2, 0.25) is 11.8 Å². The van der Waals surface area contributed by atoms with Crippen molar-refractivity contribution in [1.82, 2.24) is 24.1 Å². The van der Waals surface area contributed by atoms with E-state index >= 15 is 0 Å². The highest BCUT2D eigenvalue weighted by Gasteiger charge is 2.17. The van der Waals surface area contributed by atoms with Crippen molar-refractivity contribution in [3.05, 3.63) is 98.2 Å². The fourth-order valence-corrected chi connectivity index (χ4v) is 3.28. The maximum Gasteiger partial charge on any atom is 0.355 e. The fraction of sp³-hybridized carbons (Fsp3) is 0.125. The molecule has 37 heavy (non-hydrogen) atoms. The molecule has 13 heteroatoms. The lowest BCUT2D eigenvalue weighted by molar-refractivity contribution is -0.141. The smallest absolute Gasteiger partial charge is 0.355 e. The Bertz CT molecular complexity index is 1580. The molecule has 2 heterocycles. The molecule has 0 saturated heterocycles. The largest absolute Gasteiger partial charge is 0.468 e. The van der Waals surface area contributed by atoms with Crippen molar-refractivity contribution >= 4 is 29.2 Å². The number of halogens is 1. The van der Waals surface area contributed by atoms with Gasteiger partial charge >= 0.3 is 17.3 Å². The lowest BCUT2D eigenvalue weighted by Gasteiger charge is -2.15. The van der Waals surface area contributed by atoms with Gasteiger partial charge in [-0.1, -0.05) is 23.7 Å². The highest BCUT2D eigenvalue weighted by molar-refractivity contribution is 6.30. The van der Waals surface area contributed by atoms with E-state index in [1.165, 1.54) is 17.0 Å². The molecule has 186 valence electrons. The fourth-order valence-electron chi connectivity index (χ4n) is 3.15. The average Bonchev–Trinajstić information content (AvgIpc) is 2.91. The van der Waals surface area contributed by atoms with E-state index in [1.807, 2.05) is 6.07 Å². The Hall–Kier alpha value is -5.02. The second kappa shape index (κ2) is 11.1.